The van der Waals surface area contributed by atoms with E-state index in [2.05, 4.69) is 216 Å². The van der Waals surface area contributed by atoms with Gasteiger partial charge in [-0.25, -0.2) is 0 Å². The lowest BCUT2D eigenvalue weighted by atomic mass is 9.93. The van der Waals surface area contributed by atoms with E-state index in [1.165, 1.54) is 54.5 Å². The van der Waals surface area contributed by atoms with Gasteiger partial charge >= 0.3 is 0 Å². The molecule has 2 aromatic heterocycles. The minimum atomic E-state index is 0.899. The summed E-state index contributed by atoms with van der Waals surface area (Å²) in [6.45, 7) is 0. The van der Waals surface area contributed by atoms with Crippen LogP contribution >= 0.6 is 0 Å². The molecule has 0 aliphatic carbocycles. The zero-order valence-electron chi connectivity index (χ0n) is 32.1. The van der Waals surface area contributed by atoms with Gasteiger partial charge in [0.05, 0.1) is 11.0 Å². The molecule has 59 heavy (non-hydrogen) atoms. The Hall–Kier alpha value is -7.88. The second-order valence-corrected chi connectivity index (χ2v) is 15.3. The van der Waals surface area contributed by atoms with E-state index in [0.29, 0.717) is 0 Å². The van der Waals surface area contributed by atoms with Gasteiger partial charge in [-0.3, -0.25) is 0 Å². The van der Waals surface area contributed by atoms with Crippen molar-refractivity contribution in [3.8, 4) is 27.9 Å². The summed E-state index contributed by atoms with van der Waals surface area (Å²) in [5, 5.41) is 9.80. The van der Waals surface area contributed by atoms with Crippen molar-refractivity contribution in [2.45, 2.75) is 0 Å². The van der Waals surface area contributed by atoms with E-state index >= 15 is 0 Å². The SMILES string of the molecule is c1cc(-c2cc3ccccc3c3ccccc23)cc(N(c2ccc(-c3cccc4oc5ccccc5c34)cc2)c2ccc(-n3c4ccccc4c4ccccc43)cc2)c1. The van der Waals surface area contributed by atoms with Gasteiger partial charge in [0.2, 0.25) is 0 Å². The van der Waals surface area contributed by atoms with E-state index in [4.69, 9.17) is 4.42 Å². The molecule has 3 nitrogen and oxygen atoms in total. The fourth-order valence-electron chi connectivity index (χ4n) is 9.31. The molecule has 0 bridgehead atoms. The smallest absolute Gasteiger partial charge is 0.136 e. The van der Waals surface area contributed by atoms with Crippen LogP contribution in [-0.2, 0) is 0 Å². The van der Waals surface area contributed by atoms with Crippen molar-refractivity contribution in [2.75, 3.05) is 4.90 Å². The summed E-state index contributed by atoms with van der Waals surface area (Å²) in [6.07, 6.45) is 0. The Kier molecular flexibility index (Phi) is 7.54. The number of fused-ring (bicyclic) bond motifs is 9. The van der Waals surface area contributed by atoms with E-state index in [9.17, 15) is 0 Å². The minimum absolute atomic E-state index is 0.899. The Morgan fingerprint density at radius 2 is 0.915 bits per heavy atom. The van der Waals surface area contributed by atoms with Gasteiger partial charge < -0.3 is 13.9 Å². The second-order valence-electron chi connectivity index (χ2n) is 15.3. The van der Waals surface area contributed by atoms with Gasteiger partial charge in [-0.1, -0.05) is 140 Å². The van der Waals surface area contributed by atoms with Crippen molar-refractivity contribution in [1.29, 1.82) is 0 Å². The van der Waals surface area contributed by atoms with Gasteiger partial charge in [0.25, 0.3) is 0 Å². The highest BCUT2D eigenvalue weighted by Crippen LogP contribution is 2.42. The Balaban J connectivity index is 1.02. The monoisotopic (exact) mass is 752 g/mol. The van der Waals surface area contributed by atoms with Crippen molar-refractivity contribution in [3.05, 3.63) is 218 Å². The summed E-state index contributed by atoms with van der Waals surface area (Å²) in [5.74, 6) is 0. The van der Waals surface area contributed by atoms with Crippen LogP contribution in [-0.4, -0.2) is 4.57 Å². The number of rotatable bonds is 6. The molecule has 276 valence electrons. The molecule has 0 saturated heterocycles. The first-order chi connectivity index (χ1) is 29.3. The zero-order valence-corrected chi connectivity index (χ0v) is 32.1. The fourth-order valence-corrected chi connectivity index (χ4v) is 9.31. The molecule has 12 aromatic rings. The molecule has 0 saturated carbocycles. The van der Waals surface area contributed by atoms with Gasteiger partial charge in [-0.05, 0) is 123 Å². The van der Waals surface area contributed by atoms with Crippen LogP contribution in [0.2, 0.25) is 0 Å². The van der Waals surface area contributed by atoms with Crippen molar-refractivity contribution in [1.82, 2.24) is 4.57 Å². The molecule has 0 radical (unpaired) electrons. The maximum Gasteiger partial charge on any atom is 0.136 e. The molecular weight excluding hydrogens is 717 g/mol. The third kappa shape index (κ3) is 5.36. The zero-order chi connectivity index (χ0) is 38.9. The summed E-state index contributed by atoms with van der Waals surface area (Å²) < 4.78 is 8.64. The van der Waals surface area contributed by atoms with Crippen LogP contribution < -0.4 is 4.90 Å². The molecule has 0 unspecified atom stereocenters. The largest absolute Gasteiger partial charge is 0.456 e. The van der Waals surface area contributed by atoms with Crippen LogP contribution in [0.25, 0.3) is 93.2 Å². The second kappa shape index (κ2) is 13.4. The molecule has 3 heteroatoms. The van der Waals surface area contributed by atoms with Crippen molar-refractivity contribution >= 4 is 82.4 Å². The molecule has 2 heterocycles. The number of para-hydroxylation sites is 3. The first-order valence-corrected chi connectivity index (χ1v) is 20.2. The Labute approximate surface area is 341 Å². The van der Waals surface area contributed by atoms with Gasteiger partial charge in [0, 0.05) is 44.3 Å². The molecule has 0 atom stereocenters. The van der Waals surface area contributed by atoms with E-state index in [1.807, 2.05) is 12.1 Å². The van der Waals surface area contributed by atoms with Gasteiger partial charge in [0.15, 0.2) is 0 Å². The Bertz CT molecular complexity index is 3500. The average Bonchev–Trinajstić information content (AvgIpc) is 3.86. The Morgan fingerprint density at radius 3 is 1.66 bits per heavy atom. The summed E-state index contributed by atoms with van der Waals surface area (Å²) in [4.78, 5) is 2.38. The molecule has 0 spiro atoms. The van der Waals surface area contributed by atoms with Crippen molar-refractivity contribution in [2.24, 2.45) is 0 Å². The van der Waals surface area contributed by atoms with Crippen LogP contribution in [0, 0.1) is 0 Å². The lowest BCUT2D eigenvalue weighted by Gasteiger charge is -2.27. The fraction of sp³-hybridized carbons (Fsp3) is 0. The first kappa shape index (κ1) is 33.3. The minimum Gasteiger partial charge on any atom is -0.456 e. The topological polar surface area (TPSA) is 21.3 Å². The normalized spacial score (nSPS) is 11.7. The van der Waals surface area contributed by atoms with Crippen LogP contribution in [0.5, 0.6) is 0 Å². The van der Waals surface area contributed by atoms with Crippen LogP contribution in [0.15, 0.2) is 223 Å². The van der Waals surface area contributed by atoms with Gasteiger partial charge in [-0.15, -0.1) is 0 Å². The molecule has 0 aliphatic rings. The third-order valence-electron chi connectivity index (χ3n) is 12.0. The predicted molar refractivity (Wildman–Crippen MR) is 249 cm³/mol. The molecule has 12 rings (SSSR count). The number of furan rings is 1. The third-order valence-corrected chi connectivity index (χ3v) is 12.0. The van der Waals surface area contributed by atoms with Crippen LogP contribution in [0.4, 0.5) is 17.1 Å². The Morgan fingerprint density at radius 1 is 0.339 bits per heavy atom. The predicted octanol–water partition coefficient (Wildman–Crippen LogP) is 15.8. The summed E-state index contributed by atoms with van der Waals surface area (Å²) in [5.41, 5.74) is 13.2. The van der Waals surface area contributed by atoms with E-state index in [1.54, 1.807) is 0 Å². The molecule has 10 aromatic carbocycles. The van der Waals surface area contributed by atoms with Gasteiger partial charge in [0.1, 0.15) is 11.2 Å². The number of nitrogens with zero attached hydrogens (tertiary/aromatic N) is 2. The highest BCUT2D eigenvalue weighted by molar-refractivity contribution is 6.15. The quantitative estimate of drug-likeness (QED) is 0.158. The van der Waals surface area contributed by atoms with Crippen molar-refractivity contribution in [3.63, 3.8) is 0 Å². The van der Waals surface area contributed by atoms with Crippen molar-refractivity contribution < 1.29 is 4.42 Å². The number of benzene rings is 10. The lowest BCUT2D eigenvalue weighted by Crippen LogP contribution is -2.10. The van der Waals surface area contributed by atoms with Gasteiger partial charge in [-0.2, -0.15) is 0 Å². The highest BCUT2D eigenvalue weighted by Gasteiger charge is 2.18. The average molecular weight is 753 g/mol. The molecule has 0 fully saturated rings. The summed E-state index contributed by atoms with van der Waals surface area (Å²) in [6, 6.07) is 78.8. The lowest BCUT2D eigenvalue weighted by molar-refractivity contribution is 0.669. The number of anilines is 3. The molecule has 0 N–H and O–H groups in total. The highest BCUT2D eigenvalue weighted by atomic mass is 16.3. The summed E-state index contributed by atoms with van der Waals surface area (Å²) in [7, 11) is 0. The molecule has 0 amide bonds. The first-order valence-electron chi connectivity index (χ1n) is 20.2. The maximum absolute atomic E-state index is 6.26. The number of hydrogen-bond donors (Lipinski definition) is 0. The number of aromatic nitrogens is 1. The van der Waals surface area contributed by atoms with E-state index < -0.39 is 0 Å². The van der Waals surface area contributed by atoms with E-state index in [0.717, 1.165) is 55.8 Å². The number of hydrogen-bond acceptors (Lipinski definition) is 2. The van der Waals surface area contributed by atoms with Crippen LogP contribution in [0.1, 0.15) is 0 Å². The van der Waals surface area contributed by atoms with Crippen LogP contribution in [0.3, 0.4) is 0 Å². The standard InChI is InChI=1S/C56H36N2O/c1-2-16-44-39(13-1)36-51(47-18-4-3-17-46(44)47)38-14-11-15-43(35-38)57(40-29-27-37(28-30-40)45-22-12-26-55-56(45)50-21-7-10-25-54(50)59-55)41-31-33-42(34-32-41)58-52-23-8-5-19-48(52)49-20-6-9-24-53(49)58/h1-36H. The molecule has 0 aliphatic heterocycles. The van der Waals surface area contributed by atoms with E-state index in [-0.39, 0.29) is 0 Å². The molecular formula is C56H36N2O. The summed E-state index contributed by atoms with van der Waals surface area (Å²) >= 11 is 0. The maximum atomic E-state index is 6.26.